The Hall–Kier alpha value is -2.42. The zero-order valence-corrected chi connectivity index (χ0v) is 14.4. The molecule has 2 rings (SSSR count). The second-order valence-corrected chi connectivity index (χ2v) is 5.86. The molecule has 3 heteroatoms. The van der Waals surface area contributed by atoms with Crippen molar-refractivity contribution in [1.29, 1.82) is 0 Å². The second-order valence-electron chi connectivity index (χ2n) is 5.86. The van der Waals surface area contributed by atoms with Crippen molar-refractivity contribution < 1.29 is 9.53 Å². The van der Waals surface area contributed by atoms with E-state index in [0.717, 1.165) is 24.9 Å². The molecule has 0 aromatic heterocycles. The summed E-state index contributed by atoms with van der Waals surface area (Å²) in [4.78, 5) is 16.5. The highest BCUT2D eigenvalue weighted by molar-refractivity contribution is 5.89. The zero-order valence-electron chi connectivity index (χ0n) is 14.4. The van der Waals surface area contributed by atoms with Crippen molar-refractivity contribution in [3.05, 3.63) is 65.7 Å². The normalized spacial score (nSPS) is 12.2. The second kappa shape index (κ2) is 9.66. The van der Waals surface area contributed by atoms with Crippen LogP contribution in [0.1, 0.15) is 54.9 Å². The lowest BCUT2D eigenvalue weighted by molar-refractivity contribution is 0.0502. The fourth-order valence-corrected chi connectivity index (χ4v) is 2.31. The number of para-hydroxylation sites is 1. The Balaban J connectivity index is 1.74. The van der Waals surface area contributed by atoms with Crippen LogP contribution >= 0.6 is 0 Å². The summed E-state index contributed by atoms with van der Waals surface area (Å²) in [5.41, 5.74) is 2.75. The maximum Gasteiger partial charge on any atom is 0.338 e. The smallest absolute Gasteiger partial charge is 0.338 e. The highest BCUT2D eigenvalue weighted by Crippen LogP contribution is 2.19. The van der Waals surface area contributed by atoms with Crippen LogP contribution in [0.3, 0.4) is 0 Å². The third kappa shape index (κ3) is 5.65. The maximum atomic E-state index is 12.1. The number of carbonyl (C=O) groups is 1. The van der Waals surface area contributed by atoms with Gasteiger partial charge in [-0.05, 0) is 55.0 Å². The van der Waals surface area contributed by atoms with E-state index in [0.29, 0.717) is 18.1 Å². The molecule has 0 aliphatic heterocycles. The lowest BCUT2D eigenvalue weighted by Crippen LogP contribution is -2.07. The molecule has 126 valence electrons. The number of hydrogen-bond donors (Lipinski definition) is 0. The minimum atomic E-state index is -0.250. The average molecular weight is 323 g/mol. The topological polar surface area (TPSA) is 38.7 Å². The number of unbranched alkanes of at least 4 members (excludes halogenated alkanes) is 1. The first kappa shape index (κ1) is 17.9. The van der Waals surface area contributed by atoms with E-state index in [9.17, 15) is 4.79 Å². The molecule has 0 saturated heterocycles. The first-order chi connectivity index (χ1) is 11.7. The van der Waals surface area contributed by atoms with Crippen LogP contribution in [0, 0.1) is 0 Å². The van der Waals surface area contributed by atoms with Crippen LogP contribution in [0.25, 0.3) is 0 Å². The van der Waals surface area contributed by atoms with Gasteiger partial charge in [-0.1, -0.05) is 44.2 Å². The molecular formula is C21H25NO2. The minimum Gasteiger partial charge on any atom is -0.462 e. The molecule has 0 aliphatic carbocycles. The predicted molar refractivity (Wildman–Crippen MR) is 99.3 cm³/mol. The molecule has 1 unspecified atom stereocenters. The fourth-order valence-electron chi connectivity index (χ4n) is 2.31. The van der Waals surface area contributed by atoms with Crippen molar-refractivity contribution in [2.45, 2.75) is 39.0 Å². The third-order valence-electron chi connectivity index (χ3n) is 4.01. The summed E-state index contributed by atoms with van der Waals surface area (Å²) in [6.07, 6.45) is 4.48. The Kier molecular flexibility index (Phi) is 7.21. The number of aliphatic imine (C=N–C) groups is 1. The number of ether oxygens (including phenoxy) is 1. The summed E-state index contributed by atoms with van der Waals surface area (Å²) < 4.78 is 5.35. The van der Waals surface area contributed by atoms with Crippen LogP contribution in [0.15, 0.2) is 59.6 Å². The molecule has 3 nitrogen and oxygen atoms in total. The highest BCUT2D eigenvalue weighted by atomic mass is 16.5. The number of carbonyl (C=O) groups excluding carboxylic acids is 1. The molecule has 2 aromatic carbocycles. The Morgan fingerprint density at radius 1 is 1.17 bits per heavy atom. The van der Waals surface area contributed by atoms with Gasteiger partial charge in [-0.3, -0.25) is 4.99 Å². The predicted octanol–water partition coefficient (Wildman–Crippen LogP) is 5.54. The molecule has 2 aromatic rings. The van der Waals surface area contributed by atoms with E-state index in [-0.39, 0.29) is 5.97 Å². The van der Waals surface area contributed by atoms with Crippen molar-refractivity contribution >= 4 is 17.9 Å². The van der Waals surface area contributed by atoms with Crippen LogP contribution in [0.4, 0.5) is 5.69 Å². The van der Waals surface area contributed by atoms with Gasteiger partial charge in [0.25, 0.3) is 0 Å². The van der Waals surface area contributed by atoms with E-state index in [1.165, 1.54) is 5.56 Å². The molecule has 0 saturated carbocycles. The number of esters is 1. The van der Waals surface area contributed by atoms with Crippen molar-refractivity contribution in [2.24, 2.45) is 4.99 Å². The quantitative estimate of drug-likeness (QED) is 0.363. The van der Waals surface area contributed by atoms with Gasteiger partial charge in [-0.2, -0.15) is 0 Å². The molecule has 0 heterocycles. The number of benzene rings is 2. The summed E-state index contributed by atoms with van der Waals surface area (Å²) in [5.74, 6) is 0.201. The molecule has 0 fully saturated rings. The lowest BCUT2D eigenvalue weighted by Gasteiger charge is -2.10. The lowest BCUT2D eigenvalue weighted by atomic mass is 9.97. The Labute approximate surface area is 144 Å². The van der Waals surface area contributed by atoms with Gasteiger partial charge < -0.3 is 4.74 Å². The van der Waals surface area contributed by atoms with Crippen LogP contribution < -0.4 is 0 Å². The van der Waals surface area contributed by atoms with Gasteiger partial charge in [-0.25, -0.2) is 4.79 Å². The van der Waals surface area contributed by atoms with Crippen LogP contribution in [0.2, 0.25) is 0 Å². The fraction of sp³-hybridized carbons (Fsp3) is 0.333. The van der Waals surface area contributed by atoms with Crippen LogP contribution in [-0.2, 0) is 4.74 Å². The van der Waals surface area contributed by atoms with Crippen LogP contribution in [-0.4, -0.2) is 18.8 Å². The third-order valence-corrected chi connectivity index (χ3v) is 4.01. The van der Waals surface area contributed by atoms with Gasteiger partial charge in [-0.15, -0.1) is 0 Å². The Morgan fingerprint density at radius 3 is 2.71 bits per heavy atom. The van der Waals surface area contributed by atoms with Crippen molar-refractivity contribution in [2.75, 3.05) is 6.61 Å². The summed E-state index contributed by atoms with van der Waals surface area (Å²) in [6.45, 7) is 4.72. The first-order valence-electron chi connectivity index (χ1n) is 8.55. The summed E-state index contributed by atoms with van der Waals surface area (Å²) in [7, 11) is 0. The molecule has 24 heavy (non-hydrogen) atoms. The van der Waals surface area contributed by atoms with E-state index >= 15 is 0 Å². The maximum absolute atomic E-state index is 12.1. The highest BCUT2D eigenvalue weighted by Gasteiger charge is 2.09. The molecule has 0 aliphatic rings. The van der Waals surface area contributed by atoms with E-state index in [1.807, 2.05) is 54.7 Å². The monoisotopic (exact) mass is 323 g/mol. The Morgan fingerprint density at radius 2 is 1.96 bits per heavy atom. The largest absolute Gasteiger partial charge is 0.462 e. The van der Waals surface area contributed by atoms with E-state index in [4.69, 9.17) is 4.74 Å². The van der Waals surface area contributed by atoms with Gasteiger partial charge in [0, 0.05) is 6.21 Å². The van der Waals surface area contributed by atoms with Crippen molar-refractivity contribution in [3.63, 3.8) is 0 Å². The van der Waals surface area contributed by atoms with E-state index in [1.54, 1.807) is 0 Å². The molecule has 0 spiro atoms. The number of nitrogens with zero attached hydrogens (tertiary/aromatic N) is 1. The van der Waals surface area contributed by atoms with Crippen LogP contribution in [0.5, 0.6) is 0 Å². The van der Waals surface area contributed by atoms with Gasteiger partial charge in [0.1, 0.15) is 0 Å². The SMILES string of the molecule is CCC(C)c1cccc(C(=O)OCCCC=Nc2ccccc2)c1. The van der Waals surface area contributed by atoms with Gasteiger partial charge in [0.15, 0.2) is 0 Å². The molecule has 0 N–H and O–H groups in total. The molecule has 0 radical (unpaired) electrons. The number of rotatable bonds is 8. The minimum absolute atomic E-state index is 0.250. The van der Waals surface area contributed by atoms with Gasteiger partial charge in [0.2, 0.25) is 0 Å². The molecular weight excluding hydrogens is 298 g/mol. The zero-order chi connectivity index (χ0) is 17.2. The summed E-state index contributed by atoms with van der Waals surface area (Å²) in [5, 5.41) is 0. The standard InChI is InChI=1S/C21H25NO2/c1-3-17(2)18-10-9-11-19(16-18)21(23)24-15-8-7-14-22-20-12-5-4-6-13-20/h4-6,9-14,16-17H,3,7-8,15H2,1-2H3. The first-order valence-corrected chi connectivity index (χ1v) is 8.55. The van der Waals surface area contributed by atoms with E-state index < -0.39 is 0 Å². The number of hydrogen-bond acceptors (Lipinski definition) is 3. The van der Waals surface area contributed by atoms with Gasteiger partial charge in [0.05, 0.1) is 17.9 Å². The van der Waals surface area contributed by atoms with E-state index in [2.05, 4.69) is 24.9 Å². The summed E-state index contributed by atoms with van der Waals surface area (Å²) >= 11 is 0. The van der Waals surface area contributed by atoms with Crippen molar-refractivity contribution in [3.8, 4) is 0 Å². The molecule has 1 atom stereocenters. The van der Waals surface area contributed by atoms with Crippen molar-refractivity contribution in [1.82, 2.24) is 0 Å². The average Bonchev–Trinajstić information content (AvgIpc) is 2.64. The van der Waals surface area contributed by atoms with Gasteiger partial charge >= 0.3 is 5.97 Å². The molecule has 0 bridgehead atoms. The molecule has 0 amide bonds. The Bertz CT molecular complexity index is 665. The summed E-state index contributed by atoms with van der Waals surface area (Å²) in [6, 6.07) is 17.5.